The third kappa shape index (κ3) is 3.37. The highest BCUT2D eigenvalue weighted by atomic mass is 16.1. The van der Waals surface area contributed by atoms with Crippen LogP contribution in [0.4, 0.5) is 0 Å². The molecule has 1 atom stereocenters. The van der Waals surface area contributed by atoms with Crippen LogP contribution in [0.5, 0.6) is 0 Å². The van der Waals surface area contributed by atoms with E-state index in [4.69, 9.17) is 0 Å². The van der Waals surface area contributed by atoms with Gasteiger partial charge in [-0.05, 0) is 36.3 Å². The molecule has 2 nitrogen and oxygen atoms in total. The van der Waals surface area contributed by atoms with Gasteiger partial charge in [0.1, 0.15) is 5.78 Å². The highest BCUT2D eigenvalue weighted by molar-refractivity contribution is 5.79. The number of nitrogens with zero attached hydrogens (tertiary/aromatic N) is 1. The molecule has 0 spiro atoms. The fraction of sp³-hybridized carbons (Fsp3) is 0.500. The second-order valence-corrected chi connectivity index (χ2v) is 6.08. The van der Waals surface area contributed by atoms with Gasteiger partial charge in [0.15, 0.2) is 0 Å². The van der Waals surface area contributed by atoms with Crippen LogP contribution < -0.4 is 0 Å². The Morgan fingerprint density at radius 1 is 1.10 bits per heavy atom. The first-order chi connectivity index (χ1) is 9.81. The number of allylic oxidation sites excluding steroid dienone is 2. The molecule has 1 saturated heterocycles. The average molecular weight is 269 g/mol. The van der Waals surface area contributed by atoms with E-state index in [9.17, 15) is 4.79 Å². The number of Topliss-reactive ketones (excluding diaryl/α,β-unsaturated/α-hetero) is 1. The summed E-state index contributed by atoms with van der Waals surface area (Å²) in [6, 6.07) is 10.8. The van der Waals surface area contributed by atoms with Crippen LogP contribution in [-0.2, 0) is 4.79 Å². The Morgan fingerprint density at radius 3 is 2.60 bits per heavy atom. The minimum Gasteiger partial charge on any atom is -0.302 e. The van der Waals surface area contributed by atoms with Crippen LogP contribution in [0.3, 0.4) is 0 Å². The van der Waals surface area contributed by atoms with E-state index in [2.05, 4.69) is 41.3 Å². The number of hydrogen-bond donors (Lipinski definition) is 0. The SMILES string of the molecule is O=C1CCN(C[C@@H]2CCC=C(c3ccccc3)C2)CC1. The van der Waals surface area contributed by atoms with Gasteiger partial charge in [-0.1, -0.05) is 36.4 Å². The van der Waals surface area contributed by atoms with Crippen molar-refractivity contribution in [1.29, 1.82) is 0 Å². The number of piperidine rings is 1. The van der Waals surface area contributed by atoms with Gasteiger partial charge in [0, 0.05) is 32.5 Å². The first-order valence-corrected chi connectivity index (χ1v) is 7.80. The fourth-order valence-electron chi connectivity index (χ4n) is 3.38. The quantitative estimate of drug-likeness (QED) is 0.836. The molecule has 1 aromatic rings. The minimum atomic E-state index is 0.440. The van der Waals surface area contributed by atoms with E-state index in [-0.39, 0.29) is 0 Å². The van der Waals surface area contributed by atoms with Crippen LogP contribution >= 0.6 is 0 Å². The predicted molar refractivity (Wildman–Crippen MR) is 82.4 cm³/mol. The molecule has 0 radical (unpaired) electrons. The Bertz CT molecular complexity index is 481. The van der Waals surface area contributed by atoms with Crippen molar-refractivity contribution < 1.29 is 4.79 Å². The van der Waals surface area contributed by atoms with Crippen LogP contribution in [0.25, 0.3) is 5.57 Å². The van der Waals surface area contributed by atoms with E-state index >= 15 is 0 Å². The van der Waals surface area contributed by atoms with Crippen molar-refractivity contribution in [2.75, 3.05) is 19.6 Å². The van der Waals surface area contributed by atoms with E-state index < -0.39 is 0 Å². The lowest BCUT2D eigenvalue weighted by molar-refractivity contribution is -0.121. The highest BCUT2D eigenvalue weighted by Gasteiger charge is 2.22. The van der Waals surface area contributed by atoms with Gasteiger partial charge in [-0.15, -0.1) is 0 Å². The topological polar surface area (TPSA) is 20.3 Å². The maximum Gasteiger partial charge on any atom is 0.135 e. The van der Waals surface area contributed by atoms with Crippen molar-refractivity contribution in [3.63, 3.8) is 0 Å². The molecule has 0 saturated carbocycles. The van der Waals surface area contributed by atoms with Gasteiger partial charge in [-0.2, -0.15) is 0 Å². The molecule has 20 heavy (non-hydrogen) atoms. The van der Waals surface area contributed by atoms with Gasteiger partial charge in [0.05, 0.1) is 0 Å². The standard InChI is InChI=1S/C18H23NO/c20-18-9-11-19(12-10-18)14-15-5-4-8-17(13-15)16-6-2-1-3-7-16/h1-3,6-8,15H,4-5,9-14H2/t15-/m1/s1. The zero-order valence-electron chi connectivity index (χ0n) is 12.1. The molecule has 2 aliphatic rings. The molecule has 1 fully saturated rings. The average Bonchev–Trinajstić information content (AvgIpc) is 2.51. The zero-order chi connectivity index (χ0) is 13.8. The molecule has 0 aromatic heterocycles. The summed E-state index contributed by atoms with van der Waals surface area (Å²) in [5, 5.41) is 0. The zero-order valence-corrected chi connectivity index (χ0v) is 12.1. The van der Waals surface area contributed by atoms with Crippen molar-refractivity contribution in [1.82, 2.24) is 4.90 Å². The Hall–Kier alpha value is -1.41. The van der Waals surface area contributed by atoms with Crippen molar-refractivity contribution in [2.24, 2.45) is 5.92 Å². The van der Waals surface area contributed by atoms with Crippen LogP contribution in [0.2, 0.25) is 0 Å². The summed E-state index contributed by atoms with van der Waals surface area (Å²) in [5.74, 6) is 1.19. The Kier molecular flexibility index (Phi) is 4.31. The third-order valence-electron chi connectivity index (χ3n) is 4.55. The number of carbonyl (C=O) groups is 1. The smallest absolute Gasteiger partial charge is 0.135 e. The molecule has 1 aromatic carbocycles. The van der Waals surface area contributed by atoms with Crippen LogP contribution in [0.15, 0.2) is 36.4 Å². The summed E-state index contributed by atoms with van der Waals surface area (Å²) in [4.78, 5) is 13.8. The van der Waals surface area contributed by atoms with Crippen LogP contribution in [-0.4, -0.2) is 30.3 Å². The number of rotatable bonds is 3. The lowest BCUT2D eigenvalue weighted by Gasteiger charge is -2.32. The van der Waals surface area contributed by atoms with Gasteiger partial charge in [-0.3, -0.25) is 4.79 Å². The first kappa shape index (κ1) is 13.6. The van der Waals surface area contributed by atoms with Crippen LogP contribution in [0, 0.1) is 5.92 Å². The van der Waals surface area contributed by atoms with Crippen molar-refractivity contribution in [3.05, 3.63) is 42.0 Å². The molecule has 2 heteroatoms. The minimum absolute atomic E-state index is 0.440. The first-order valence-electron chi connectivity index (χ1n) is 7.80. The molecule has 0 N–H and O–H groups in total. The maximum atomic E-state index is 11.3. The van der Waals surface area contributed by atoms with Crippen LogP contribution in [0.1, 0.15) is 37.7 Å². The maximum absolute atomic E-state index is 11.3. The van der Waals surface area contributed by atoms with Gasteiger partial charge in [0.25, 0.3) is 0 Å². The number of carbonyl (C=O) groups excluding carboxylic acids is 1. The summed E-state index contributed by atoms with van der Waals surface area (Å²) >= 11 is 0. The molecule has 1 aliphatic carbocycles. The predicted octanol–water partition coefficient (Wildman–Crippen LogP) is 3.54. The largest absolute Gasteiger partial charge is 0.302 e. The summed E-state index contributed by atoms with van der Waals surface area (Å²) in [5.41, 5.74) is 2.89. The Balaban J connectivity index is 1.58. The second kappa shape index (κ2) is 6.36. The van der Waals surface area contributed by atoms with Gasteiger partial charge in [0.2, 0.25) is 0 Å². The molecule has 3 rings (SSSR count). The van der Waals surface area contributed by atoms with Crippen molar-refractivity contribution in [2.45, 2.75) is 32.1 Å². The lowest BCUT2D eigenvalue weighted by atomic mass is 9.85. The normalized spacial score (nSPS) is 24.5. The fourth-order valence-corrected chi connectivity index (χ4v) is 3.38. The Labute approximate surface area is 121 Å². The van der Waals surface area contributed by atoms with Crippen molar-refractivity contribution in [3.8, 4) is 0 Å². The summed E-state index contributed by atoms with van der Waals surface area (Å²) < 4.78 is 0. The van der Waals surface area contributed by atoms with Gasteiger partial charge < -0.3 is 4.90 Å². The van der Waals surface area contributed by atoms with Crippen molar-refractivity contribution >= 4 is 11.4 Å². The van der Waals surface area contributed by atoms with E-state index in [1.807, 2.05) is 0 Å². The Morgan fingerprint density at radius 2 is 1.85 bits per heavy atom. The summed E-state index contributed by atoms with van der Waals surface area (Å²) in [7, 11) is 0. The molecular weight excluding hydrogens is 246 g/mol. The van der Waals surface area contributed by atoms with E-state index in [0.717, 1.165) is 38.4 Å². The summed E-state index contributed by atoms with van der Waals surface area (Å²) in [6.07, 6.45) is 7.60. The monoisotopic (exact) mass is 269 g/mol. The van der Waals surface area contributed by atoms with Gasteiger partial charge >= 0.3 is 0 Å². The van der Waals surface area contributed by atoms with E-state index in [1.165, 1.54) is 30.4 Å². The third-order valence-corrected chi connectivity index (χ3v) is 4.55. The molecule has 1 heterocycles. The number of hydrogen-bond acceptors (Lipinski definition) is 2. The molecule has 0 amide bonds. The number of ketones is 1. The molecular formula is C18H23NO. The molecule has 0 bridgehead atoms. The second-order valence-electron chi connectivity index (χ2n) is 6.08. The molecule has 0 unspecified atom stereocenters. The number of benzene rings is 1. The highest BCUT2D eigenvalue weighted by Crippen LogP contribution is 2.31. The van der Waals surface area contributed by atoms with E-state index in [1.54, 1.807) is 0 Å². The van der Waals surface area contributed by atoms with Gasteiger partial charge in [-0.25, -0.2) is 0 Å². The lowest BCUT2D eigenvalue weighted by Crippen LogP contribution is -2.37. The number of likely N-dealkylation sites (tertiary alicyclic amines) is 1. The van der Waals surface area contributed by atoms with E-state index in [0.29, 0.717) is 5.78 Å². The molecule has 106 valence electrons. The molecule has 1 aliphatic heterocycles. The summed E-state index contributed by atoms with van der Waals surface area (Å²) in [6.45, 7) is 3.11.